The Morgan fingerprint density at radius 3 is 1.95 bits per heavy atom. The van der Waals surface area contributed by atoms with Crippen molar-refractivity contribution in [2.24, 2.45) is 0 Å². The normalized spacial score (nSPS) is 12.1. The van der Waals surface area contributed by atoms with Crippen LogP contribution >= 0.6 is 0 Å². The van der Waals surface area contributed by atoms with Crippen molar-refractivity contribution < 1.29 is 0 Å². The average molecular weight is 261 g/mol. The van der Waals surface area contributed by atoms with Crippen LogP contribution in [0.2, 0.25) is 6.04 Å². The zero-order valence-electron chi connectivity index (χ0n) is 11.0. The second kappa shape index (κ2) is 4.10. The molecule has 0 aliphatic heterocycles. The van der Waals surface area contributed by atoms with Crippen molar-refractivity contribution in [1.82, 2.24) is 4.57 Å². The van der Waals surface area contributed by atoms with Crippen LogP contribution in [0.15, 0.2) is 48.5 Å². The van der Waals surface area contributed by atoms with Gasteiger partial charge in [0.2, 0.25) is 0 Å². The van der Waals surface area contributed by atoms with E-state index in [0.29, 0.717) is 0 Å². The lowest BCUT2D eigenvalue weighted by Gasteiger charge is -2.05. The van der Waals surface area contributed by atoms with Crippen LogP contribution in [-0.2, 0) is 6.17 Å². The van der Waals surface area contributed by atoms with Gasteiger partial charge in [-0.25, -0.2) is 0 Å². The summed E-state index contributed by atoms with van der Waals surface area (Å²) < 4.78 is 2.51. The van der Waals surface area contributed by atoms with Gasteiger partial charge in [0.1, 0.15) is 0 Å². The molecular weight excluding hydrogens is 246 g/mol. The molecule has 2 heteroatoms. The van der Waals surface area contributed by atoms with Crippen molar-refractivity contribution in [2.75, 3.05) is 0 Å². The summed E-state index contributed by atoms with van der Waals surface area (Å²) in [6, 6.07) is 19.1. The van der Waals surface area contributed by atoms with Gasteiger partial charge in [0.05, 0.1) is 9.52 Å². The van der Waals surface area contributed by atoms with Crippen LogP contribution < -0.4 is 0 Å². The molecule has 0 saturated carbocycles. The fourth-order valence-corrected chi connectivity index (χ4v) is 3.88. The topological polar surface area (TPSA) is 4.93 Å². The number of hydrogen-bond donors (Lipinski definition) is 0. The molecule has 0 saturated heterocycles. The van der Waals surface area contributed by atoms with Crippen molar-refractivity contribution in [3.05, 3.63) is 48.5 Å². The molecule has 4 aromatic rings. The van der Waals surface area contributed by atoms with E-state index in [1.165, 1.54) is 38.6 Å². The minimum Gasteiger partial charge on any atom is -0.344 e. The first-order chi connectivity index (χ1) is 9.40. The van der Waals surface area contributed by atoms with Gasteiger partial charge in [-0.15, -0.1) is 0 Å². The van der Waals surface area contributed by atoms with E-state index in [4.69, 9.17) is 0 Å². The van der Waals surface area contributed by atoms with Crippen LogP contribution in [0.1, 0.15) is 6.92 Å². The van der Waals surface area contributed by atoms with Gasteiger partial charge < -0.3 is 4.57 Å². The van der Waals surface area contributed by atoms with E-state index >= 15 is 0 Å². The maximum atomic E-state index is 2.51. The van der Waals surface area contributed by atoms with Gasteiger partial charge in [-0.2, -0.15) is 0 Å². The van der Waals surface area contributed by atoms with E-state index in [0.717, 1.165) is 15.7 Å². The molecule has 0 atom stereocenters. The highest BCUT2D eigenvalue weighted by Crippen LogP contribution is 2.36. The highest BCUT2D eigenvalue weighted by atomic mass is 28.2. The van der Waals surface area contributed by atoms with Crippen molar-refractivity contribution in [1.29, 1.82) is 0 Å². The van der Waals surface area contributed by atoms with Crippen LogP contribution in [0.25, 0.3) is 32.6 Å². The standard InChI is InChI=1S/C17H15NSi/c1-2-19-11-18-14-7-3-5-12-9-10-13-6-4-8-15(18)17(13)16(12)14/h3-10H,2,11H2,1H3. The van der Waals surface area contributed by atoms with Crippen LogP contribution in [0.4, 0.5) is 0 Å². The quantitative estimate of drug-likeness (QED) is 0.378. The van der Waals surface area contributed by atoms with Gasteiger partial charge in [0.15, 0.2) is 0 Å². The molecule has 1 aromatic heterocycles. The second-order valence-electron chi connectivity index (χ2n) is 5.01. The first-order valence-electron chi connectivity index (χ1n) is 6.83. The summed E-state index contributed by atoms with van der Waals surface area (Å²) in [7, 11) is 0.992. The van der Waals surface area contributed by atoms with Crippen LogP contribution in [0.3, 0.4) is 0 Å². The van der Waals surface area contributed by atoms with Crippen molar-refractivity contribution in [3.8, 4) is 0 Å². The van der Waals surface area contributed by atoms with Gasteiger partial charge >= 0.3 is 0 Å². The number of rotatable bonds is 3. The number of nitrogens with zero attached hydrogens (tertiary/aromatic N) is 1. The molecule has 3 aromatic carbocycles. The van der Waals surface area contributed by atoms with Crippen molar-refractivity contribution in [3.63, 3.8) is 0 Å². The van der Waals surface area contributed by atoms with E-state index in [2.05, 4.69) is 60.0 Å². The summed E-state index contributed by atoms with van der Waals surface area (Å²) in [4.78, 5) is 0. The molecule has 0 aliphatic carbocycles. The lowest BCUT2D eigenvalue weighted by molar-refractivity contribution is 0.957. The molecule has 4 rings (SSSR count). The highest BCUT2D eigenvalue weighted by molar-refractivity contribution is 6.34. The molecule has 0 N–H and O–H groups in total. The first-order valence-corrected chi connectivity index (χ1v) is 8.24. The smallest absolute Gasteiger partial charge is 0.0646 e. The fourth-order valence-electron chi connectivity index (χ4n) is 3.09. The minimum atomic E-state index is 0.992. The molecule has 0 unspecified atom stereocenters. The molecule has 1 nitrogen and oxygen atoms in total. The zero-order valence-corrected chi connectivity index (χ0v) is 12.0. The third kappa shape index (κ3) is 1.47. The highest BCUT2D eigenvalue weighted by Gasteiger charge is 2.13. The summed E-state index contributed by atoms with van der Waals surface area (Å²) >= 11 is 0. The fraction of sp³-hybridized carbons (Fsp3) is 0.176. The molecule has 1 heterocycles. The minimum absolute atomic E-state index is 0.992. The summed E-state index contributed by atoms with van der Waals surface area (Å²) in [5, 5.41) is 5.60. The SMILES string of the molecule is CC[Si]Cn1c2cccc3ccc4cccc1c4c32. The van der Waals surface area contributed by atoms with Gasteiger partial charge in [-0.3, -0.25) is 0 Å². The van der Waals surface area contributed by atoms with E-state index in [1.807, 2.05) is 0 Å². The Morgan fingerprint density at radius 1 is 0.842 bits per heavy atom. The molecule has 0 amide bonds. The molecule has 92 valence electrons. The summed E-state index contributed by atoms with van der Waals surface area (Å²) in [5.74, 6) is 0. The predicted octanol–water partition coefficient (Wildman–Crippen LogP) is 4.49. The second-order valence-corrected chi connectivity index (χ2v) is 6.53. The molecule has 0 bridgehead atoms. The zero-order chi connectivity index (χ0) is 12.8. The molecule has 2 radical (unpaired) electrons. The molecule has 0 aliphatic rings. The van der Waals surface area contributed by atoms with Gasteiger partial charge in [0, 0.05) is 28.0 Å². The number of aromatic nitrogens is 1. The van der Waals surface area contributed by atoms with Crippen molar-refractivity contribution >= 4 is 42.1 Å². The van der Waals surface area contributed by atoms with Crippen LogP contribution in [0, 0.1) is 0 Å². The lowest BCUT2D eigenvalue weighted by atomic mass is 10.0. The van der Waals surface area contributed by atoms with E-state index in [1.54, 1.807) is 0 Å². The summed E-state index contributed by atoms with van der Waals surface area (Å²) in [6.07, 6.45) is 1.14. The van der Waals surface area contributed by atoms with E-state index in [9.17, 15) is 0 Å². The Balaban J connectivity index is 2.21. The van der Waals surface area contributed by atoms with Gasteiger partial charge in [0.25, 0.3) is 0 Å². The Hall–Kier alpha value is -1.80. The van der Waals surface area contributed by atoms with Crippen LogP contribution in [0.5, 0.6) is 0 Å². The number of benzene rings is 3. The molecular formula is C17H15NSi. The van der Waals surface area contributed by atoms with Crippen LogP contribution in [-0.4, -0.2) is 14.1 Å². The average Bonchev–Trinajstić information content (AvgIpc) is 2.79. The lowest BCUT2D eigenvalue weighted by Crippen LogP contribution is -2.03. The number of hydrogen-bond acceptors (Lipinski definition) is 0. The van der Waals surface area contributed by atoms with E-state index < -0.39 is 0 Å². The third-order valence-electron chi connectivity index (χ3n) is 3.94. The Kier molecular flexibility index (Phi) is 2.39. The summed E-state index contributed by atoms with van der Waals surface area (Å²) in [5.41, 5.74) is 2.79. The third-order valence-corrected chi connectivity index (χ3v) is 4.98. The Bertz CT molecular complexity index is 792. The first kappa shape index (κ1) is 11.1. The molecule has 0 fully saturated rings. The summed E-state index contributed by atoms with van der Waals surface area (Å²) in [6.45, 7) is 2.27. The van der Waals surface area contributed by atoms with Crippen molar-refractivity contribution in [2.45, 2.75) is 19.1 Å². The largest absolute Gasteiger partial charge is 0.344 e. The molecule has 19 heavy (non-hydrogen) atoms. The Morgan fingerprint density at radius 2 is 1.42 bits per heavy atom. The van der Waals surface area contributed by atoms with Gasteiger partial charge in [-0.05, 0) is 22.9 Å². The van der Waals surface area contributed by atoms with E-state index in [-0.39, 0.29) is 0 Å². The monoisotopic (exact) mass is 261 g/mol. The Labute approximate surface area is 115 Å². The maximum Gasteiger partial charge on any atom is 0.0646 e. The van der Waals surface area contributed by atoms with Gasteiger partial charge in [-0.1, -0.05) is 49.4 Å². The molecule has 0 spiro atoms. The maximum absolute atomic E-state index is 2.51. The predicted molar refractivity (Wildman–Crippen MR) is 84.4 cm³/mol.